The van der Waals surface area contributed by atoms with Crippen molar-refractivity contribution in [3.8, 4) is 5.69 Å². The minimum absolute atomic E-state index is 0.129. The second-order valence-electron chi connectivity index (χ2n) is 7.82. The van der Waals surface area contributed by atoms with Crippen LogP contribution in [0.1, 0.15) is 46.3 Å². The van der Waals surface area contributed by atoms with Crippen LogP contribution in [0.15, 0.2) is 66.7 Å². The molecule has 0 aliphatic rings. The van der Waals surface area contributed by atoms with E-state index in [2.05, 4.69) is 22.5 Å². The molecule has 0 aliphatic heterocycles. The molecule has 3 aromatic carbocycles. The number of nitrogens with zero attached hydrogens (tertiary/aromatic N) is 2. The summed E-state index contributed by atoms with van der Waals surface area (Å²) in [5.74, 6) is 0.0186. The third kappa shape index (κ3) is 4.92. The summed E-state index contributed by atoms with van der Waals surface area (Å²) in [6, 6.07) is 18.2. The summed E-state index contributed by atoms with van der Waals surface area (Å²) < 4.78 is 15.2. The number of amides is 2. The lowest BCUT2D eigenvalue weighted by molar-refractivity contribution is 0.0952. The minimum Gasteiger partial charge on any atom is -0.352 e. The van der Waals surface area contributed by atoms with Gasteiger partial charge >= 0.3 is 0 Å². The number of anilines is 1. The van der Waals surface area contributed by atoms with Crippen molar-refractivity contribution in [1.82, 2.24) is 14.9 Å². The molecule has 4 rings (SSSR count). The van der Waals surface area contributed by atoms with E-state index in [0.29, 0.717) is 23.4 Å². The van der Waals surface area contributed by atoms with E-state index in [-0.39, 0.29) is 17.6 Å². The maximum Gasteiger partial charge on any atom is 0.255 e. The fourth-order valence-corrected chi connectivity index (χ4v) is 3.64. The molecule has 0 aliphatic carbocycles. The van der Waals surface area contributed by atoms with E-state index in [1.54, 1.807) is 54.6 Å². The molecule has 0 spiro atoms. The molecule has 0 bridgehead atoms. The fourth-order valence-electron chi connectivity index (χ4n) is 3.64. The summed E-state index contributed by atoms with van der Waals surface area (Å²) in [6.45, 7) is 4.58. The first-order valence-electron chi connectivity index (χ1n) is 10.9. The molecule has 168 valence electrons. The van der Waals surface area contributed by atoms with Crippen molar-refractivity contribution in [2.75, 3.05) is 11.9 Å². The predicted octanol–water partition coefficient (Wildman–Crippen LogP) is 5.26. The molecule has 0 fully saturated rings. The van der Waals surface area contributed by atoms with Crippen molar-refractivity contribution in [2.24, 2.45) is 0 Å². The van der Waals surface area contributed by atoms with E-state index in [4.69, 9.17) is 0 Å². The van der Waals surface area contributed by atoms with Crippen LogP contribution in [0.5, 0.6) is 0 Å². The van der Waals surface area contributed by atoms with E-state index in [9.17, 15) is 14.0 Å². The first-order chi connectivity index (χ1) is 16.0. The van der Waals surface area contributed by atoms with Crippen molar-refractivity contribution in [3.63, 3.8) is 0 Å². The third-order valence-electron chi connectivity index (χ3n) is 5.39. The number of hydrogen-bond donors (Lipinski definition) is 2. The van der Waals surface area contributed by atoms with E-state index < -0.39 is 0 Å². The highest BCUT2D eigenvalue weighted by atomic mass is 19.1. The zero-order valence-electron chi connectivity index (χ0n) is 18.6. The Hall–Kier alpha value is -4.00. The number of aryl methyl sites for hydroxylation is 1. The van der Waals surface area contributed by atoms with E-state index in [0.717, 1.165) is 35.4 Å². The van der Waals surface area contributed by atoms with Crippen molar-refractivity contribution >= 4 is 28.5 Å². The molecular formula is C26H25FN4O2. The lowest BCUT2D eigenvalue weighted by Gasteiger charge is -2.09. The second-order valence-corrected chi connectivity index (χ2v) is 7.82. The number of unbranched alkanes of at least 4 members (excludes halogenated alkanes) is 1. The van der Waals surface area contributed by atoms with Crippen LogP contribution in [0.25, 0.3) is 16.7 Å². The molecule has 0 radical (unpaired) electrons. The first kappa shape index (κ1) is 22.2. The molecule has 2 amide bonds. The van der Waals surface area contributed by atoms with Gasteiger partial charge in [0.05, 0.1) is 11.0 Å². The summed E-state index contributed by atoms with van der Waals surface area (Å²) in [5.41, 5.74) is 3.87. The normalized spacial score (nSPS) is 10.9. The van der Waals surface area contributed by atoms with Gasteiger partial charge in [-0.15, -0.1) is 0 Å². The monoisotopic (exact) mass is 444 g/mol. The zero-order valence-corrected chi connectivity index (χ0v) is 18.6. The van der Waals surface area contributed by atoms with Crippen molar-refractivity contribution in [2.45, 2.75) is 26.7 Å². The van der Waals surface area contributed by atoms with Crippen LogP contribution in [0.3, 0.4) is 0 Å². The average molecular weight is 445 g/mol. The van der Waals surface area contributed by atoms with Gasteiger partial charge in [0.15, 0.2) is 0 Å². The van der Waals surface area contributed by atoms with Gasteiger partial charge in [-0.05, 0) is 80.1 Å². The number of aromatic nitrogens is 2. The van der Waals surface area contributed by atoms with Gasteiger partial charge in [0, 0.05) is 29.0 Å². The average Bonchev–Trinajstić information content (AvgIpc) is 3.15. The third-order valence-corrected chi connectivity index (χ3v) is 5.39. The number of benzene rings is 3. The maximum absolute atomic E-state index is 13.4. The number of carbonyl (C=O) groups excluding carboxylic acids is 2. The van der Waals surface area contributed by atoms with Crippen molar-refractivity contribution < 1.29 is 14.0 Å². The zero-order chi connectivity index (χ0) is 23.4. The highest BCUT2D eigenvalue weighted by molar-refractivity contribution is 6.06. The standard InChI is InChI=1S/C26H25FN4O2/c1-3-4-15-28-25(32)18-5-10-21(11-6-18)30-26(33)19-7-14-23-24(16-19)31(17(2)29-23)22-12-8-20(27)9-13-22/h5-14,16H,3-4,15H2,1-2H3,(H,28,32)(H,30,33). The quantitative estimate of drug-likeness (QED) is 0.382. The number of imidazole rings is 1. The molecule has 0 atom stereocenters. The molecule has 0 saturated carbocycles. The van der Waals surface area contributed by atoms with Gasteiger partial charge in [-0.25, -0.2) is 9.37 Å². The van der Waals surface area contributed by atoms with Crippen LogP contribution in [0.4, 0.5) is 10.1 Å². The number of rotatable bonds is 7. The Labute approximate surface area is 191 Å². The molecule has 6 nitrogen and oxygen atoms in total. The lowest BCUT2D eigenvalue weighted by Crippen LogP contribution is -2.24. The van der Waals surface area contributed by atoms with Crippen LogP contribution < -0.4 is 10.6 Å². The first-order valence-corrected chi connectivity index (χ1v) is 10.9. The number of hydrogen-bond acceptors (Lipinski definition) is 3. The Kier molecular flexibility index (Phi) is 6.49. The van der Waals surface area contributed by atoms with E-state index in [1.807, 2.05) is 11.5 Å². The molecule has 0 saturated heterocycles. The molecular weight excluding hydrogens is 419 g/mol. The SMILES string of the molecule is CCCCNC(=O)c1ccc(NC(=O)c2ccc3nc(C)n(-c4ccc(F)cc4)c3c2)cc1. The Morgan fingerprint density at radius 1 is 0.939 bits per heavy atom. The molecule has 7 heteroatoms. The Balaban J connectivity index is 1.53. The van der Waals surface area contributed by atoms with Gasteiger partial charge in [-0.3, -0.25) is 14.2 Å². The highest BCUT2D eigenvalue weighted by Crippen LogP contribution is 2.23. The van der Waals surface area contributed by atoms with Crippen molar-refractivity contribution in [1.29, 1.82) is 0 Å². The van der Waals surface area contributed by atoms with Gasteiger partial charge in [-0.1, -0.05) is 13.3 Å². The van der Waals surface area contributed by atoms with Gasteiger partial charge in [-0.2, -0.15) is 0 Å². The molecule has 4 aromatic rings. The summed E-state index contributed by atoms with van der Waals surface area (Å²) in [5, 5.41) is 5.74. The highest BCUT2D eigenvalue weighted by Gasteiger charge is 2.14. The van der Waals surface area contributed by atoms with Crippen LogP contribution in [-0.4, -0.2) is 27.9 Å². The molecule has 1 heterocycles. The van der Waals surface area contributed by atoms with E-state index in [1.165, 1.54) is 12.1 Å². The van der Waals surface area contributed by atoms with E-state index >= 15 is 0 Å². The van der Waals surface area contributed by atoms with Gasteiger partial charge < -0.3 is 10.6 Å². The van der Waals surface area contributed by atoms with Crippen LogP contribution in [0.2, 0.25) is 0 Å². The molecule has 0 unspecified atom stereocenters. The van der Waals surface area contributed by atoms with Crippen LogP contribution >= 0.6 is 0 Å². The Morgan fingerprint density at radius 3 is 2.33 bits per heavy atom. The summed E-state index contributed by atoms with van der Waals surface area (Å²) in [7, 11) is 0. The van der Waals surface area contributed by atoms with Gasteiger partial charge in [0.1, 0.15) is 11.6 Å². The maximum atomic E-state index is 13.4. The number of halogens is 1. The Bertz CT molecular complexity index is 1290. The lowest BCUT2D eigenvalue weighted by atomic mass is 10.1. The molecule has 1 aromatic heterocycles. The number of fused-ring (bicyclic) bond motifs is 1. The predicted molar refractivity (Wildman–Crippen MR) is 127 cm³/mol. The smallest absolute Gasteiger partial charge is 0.255 e. The summed E-state index contributed by atoms with van der Waals surface area (Å²) in [6.07, 6.45) is 1.95. The number of carbonyl (C=O) groups is 2. The summed E-state index contributed by atoms with van der Waals surface area (Å²) >= 11 is 0. The largest absolute Gasteiger partial charge is 0.352 e. The van der Waals surface area contributed by atoms with Gasteiger partial charge in [0.25, 0.3) is 11.8 Å². The van der Waals surface area contributed by atoms with Crippen LogP contribution in [-0.2, 0) is 0 Å². The fraction of sp³-hybridized carbons (Fsp3) is 0.192. The Morgan fingerprint density at radius 2 is 1.64 bits per heavy atom. The van der Waals surface area contributed by atoms with Crippen LogP contribution in [0, 0.1) is 12.7 Å². The number of nitrogens with one attached hydrogen (secondary N) is 2. The second kappa shape index (κ2) is 9.65. The molecule has 33 heavy (non-hydrogen) atoms. The molecule has 2 N–H and O–H groups in total. The van der Waals surface area contributed by atoms with Gasteiger partial charge in [0.2, 0.25) is 0 Å². The van der Waals surface area contributed by atoms with Crippen molar-refractivity contribution in [3.05, 3.63) is 89.5 Å². The minimum atomic E-state index is -0.314. The topological polar surface area (TPSA) is 76.0 Å². The summed E-state index contributed by atoms with van der Waals surface area (Å²) in [4.78, 5) is 29.6.